The van der Waals surface area contributed by atoms with E-state index in [-0.39, 0.29) is 6.10 Å². The van der Waals surface area contributed by atoms with Crippen LogP contribution in [0.2, 0.25) is 0 Å². The van der Waals surface area contributed by atoms with Gasteiger partial charge in [-0.15, -0.1) is 0 Å². The fourth-order valence-corrected chi connectivity index (χ4v) is 3.25. The van der Waals surface area contributed by atoms with Crippen molar-refractivity contribution in [3.05, 3.63) is 0 Å². The van der Waals surface area contributed by atoms with E-state index in [4.69, 9.17) is 0 Å². The van der Waals surface area contributed by atoms with Crippen LogP contribution in [0.25, 0.3) is 0 Å². The van der Waals surface area contributed by atoms with Crippen LogP contribution >= 0.6 is 0 Å². The minimum absolute atomic E-state index is 0.0387. The zero-order valence-corrected chi connectivity index (χ0v) is 8.54. The lowest BCUT2D eigenvalue weighted by Crippen LogP contribution is -2.32. The fraction of sp³-hybridized carbons (Fsp3) is 1.00. The largest absolute Gasteiger partial charge is 0.393 e. The van der Waals surface area contributed by atoms with Gasteiger partial charge >= 0.3 is 0 Å². The number of aliphatic hydroxyl groups is 1. The minimum atomic E-state index is 0.0387. The first-order valence-corrected chi connectivity index (χ1v) is 6.06. The normalized spacial score (nSPS) is 37.6. The summed E-state index contributed by atoms with van der Waals surface area (Å²) < 4.78 is 0. The predicted octanol–water partition coefficient (Wildman–Crippen LogP) is 3.12. The molecule has 2 atom stereocenters. The lowest BCUT2D eigenvalue weighted by molar-refractivity contribution is 0.0257. The lowest BCUT2D eigenvalue weighted by Gasteiger charge is -2.36. The Kier molecular flexibility index (Phi) is 3.26. The van der Waals surface area contributed by atoms with Gasteiger partial charge in [0.1, 0.15) is 0 Å². The third-order valence-corrected chi connectivity index (χ3v) is 4.04. The molecule has 76 valence electrons. The van der Waals surface area contributed by atoms with Crippen LogP contribution in [0, 0.1) is 11.8 Å². The summed E-state index contributed by atoms with van der Waals surface area (Å²) in [6.45, 7) is 0. The number of aliphatic hydroxyl groups excluding tert-OH is 1. The Labute approximate surface area is 81.5 Å². The average Bonchev–Trinajstić information content (AvgIpc) is 2.20. The van der Waals surface area contributed by atoms with Crippen molar-refractivity contribution < 1.29 is 5.11 Å². The van der Waals surface area contributed by atoms with Crippen molar-refractivity contribution in [1.29, 1.82) is 0 Å². The van der Waals surface area contributed by atoms with Crippen LogP contribution in [-0.2, 0) is 0 Å². The summed E-state index contributed by atoms with van der Waals surface area (Å²) in [5.74, 6) is 1.53. The molecule has 0 saturated heterocycles. The lowest BCUT2D eigenvalue weighted by atomic mass is 9.72. The third kappa shape index (κ3) is 2.25. The molecule has 13 heavy (non-hydrogen) atoms. The van der Waals surface area contributed by atoms with Crippen LogP contribution in [0.3, 0.4) is 0 Å². The molecule has 0 radical (unpaired) electrons. The molecule has 2 fully saturated rings. The second kappa shape index (κ2) is 4.45. The van der Waals surface area contributed by atoms with Gasteiger partial charge in [-0.1, -0.05) is 44.9 Å². The molecule has 0 aromatic heterocycles. The molecule has 2 saturated carbocycles. The molecule has 2 rings (SSSR count). The molecular formula is C12H22O. The predicted molar refractivity (Wildman–Crippen MR) is 54.5 cm³/mol. The van der Waals surface area contributed by atoms with Crippen LogP contribution < -0.4 is 0 Å². The molecule has 1 N–H and O–H groups in total. The molecule has 1 unspecified atom stereocenters. The van der Waals surface area contributed by atoms with E-state index >= 15 is 0 Å². The van der Waals surface area contributed by atoms with Gasteiger partial charge in [0.2, 0.25) is 0 Å². The maximum absolute atomic E-state index is 9.92. The topological polar surface area (TPSA) is 20.2 Å². The van der Waals surface area contributed by atoms with Crippen molar-refractivity contribution in [1.82, 2.24) is 0 Å². The van der Waals surface area contributed by atoms with Crippen LogP contribution in [-0.4, -0.2) is 11.2 Å². The zero-order chi connectivity index (χ0) is 9.10. The van der Waals surface area contributed by atoms with Gasteiger partial charge < -0.3 is 5.11 Å². The maximum Gasteiger partial charge on any atom is 0.0571 e. The molecule has 2 aliphatic carbocycles. The maximum atomic E-state index is 9.92. The minimum Gasteiger partial charge on any atom is -0.393 e. The first-order valence-electron chi connectivity index (χ1n) is 6.06. The zero-order valence-electron chi connectivity index (χ0n) is 8.54. The Bertz CT molecular complexity index is 149. The van der Waals surface area contributed by atoms with E-state index in [0.717, 1.165) is 12.3 Å². The van der Waals surface area contributed by atoms with Crippen molar-refractivity contribution in [2.24, 2.45) is 11.8 Å². The van der Waals surface area contributed by atoms with E-state index in [1.165, 1.54) is 51.4 Å². The summed E-state index contributed by atoms with van der Waals surface area (Å²) in [4.78, 5) is 0. The van der Waals surface area contributed by atoms with E-state index in [2.05, 4.69) is 0 Å². The molecule has 2 aliphatic rings. The SMILES string of the molecule is OC1CCCC[C@@H]1C1CCCCC1. The molecule has 1 nitrogen and oxygen atoms in total. The van der Waals surface area contributed by atoms with Gasteiger partial charge in [0.05, 0.1) is 6.10 Å². The van der Waals surface area contributed by atoms with Gasteiger partial charge in [-0.3, -0.25) is 0 Å². The molecule has 0 aromatic rings. The Morgan fingerprint density at radius 1 is 0.692 bits per heavy atom. The first kappa shape index (κ1) is 9.51. The van der Waals surface area contributed by atoms with Crippen molar-refractivity contribution in [3.8, 4) is 0 Å². The van der Waals surface area contributed by atoms with Crippen molar-refractivity contribution in [3.63, 3.8) is 0 Å². The van der Waals surface area contributed by atoms with Gasteiger partial charge in [0.25, 0.3) is 0 Å². The molecule has 1 heteroatoms. The van der Waals surface area contributed by atoms with Crippen LogP contribution in [0.1, 0.15) is 57.8 Å². The summed E-state index contributed by atoms with van der Waals surface area (Å²) in [5, 5.41) is 9.92. The van der Waals surface area contributed by atoms with Crippen molar-refractivity contribution in [2.45, 2.75) is 63.9 Å². The van der Waals surface area contributed by atoms with E-state index in [0.29, 0.717) is 5.92 Å². The second-order valence-electron chi connectivity index (χ2n) is 4.91. The smallest absolute Gasteiger partial charge is 0.0571 e. The Morgan fingerprint density at radius 2 is 1.31 bits per heavy atom. The van der Waals surface area contributed by atoms with Crippen LogP contribution in [0.15, 0.2) is 0 Å². The molecule has 0 bridgehead atoms. The molecule has 0 aromatic carbocycles. The van der Waals surface area contributed by atoms with E-state index in [1.54, 1.807) is 0 Å². The summed E-state index contributed by atoms with van der Waals surface area (Å²) in [6, 6.07) is 0. The second-order valence-corrected chi connectivity index (χ2v) is 4.91. The van der Waals surface area contributed by atoms with Gasteiger partial charge in [-0.05, 0) is 24.7 Å². The van der Waals surface area contributed by atoms with Crippen molar-refractivity contribution in [2.75, 3.05) is 0 Å². The third-order valence-electron chi connectivity index (χ3n) is 4.04. The van der Waals surface area contributed by atoms with E-state index < -0.39 is 0 Å². The van der Waals surface area contributed by atoms with Gasteiger partial charge in [-0.2, -0.15) is 0 Å². The molecule has 0 amide bonds. The highest BCUT2D eigenvalue weighted by atomic mass is 16.3. The fourth-order valence-electron chi connectivity index (χ4n) is 3.25. The highest BCUT2D eigenvalue weighted by Crippen LogP contribution is 2.38. The Morgan fingerprint density at radius 3 is 2.00 bits per heavy atom. The van der Waals surface area contributed by atoms with Crippen LogP contribution in [0.4, 0.5) is 0 Å². The monoisotopic (exact) mass is 182 g/mol. The Hall–Kier alpha value is -0.0400. The molecule has 0 heterocycles. The number of hydrogen-bond acceptors (Lipinski definition) is 1. The quantitative estimate of drug-likeness (QED) is 0.660. The first-order chi connectivity index (χ1) is 6.38. The molecule has 0 spiro atoms. The summed E-state index contributed by atoms with van der Waals surface area (Å²) in [6.07, 6.45) is 12.1. The Balaban J connectivity index is 1.88. The van der Waals surface area contributed by atoms with E-state index in [1.807, 2.05) is 0 Å². The number of rotatable bonds is 1. The van der Waals surface area contributed by atoms with E-state index in [9.17, 15) is 5.11 Å². The highest BCUT2D eigenvalue weighted by molar-refractivity contribution is 4.82. The van der Waals surface area contributed by atoms with Gasteiger partial charge in [-0.25, -0.2) is 0 Å². The summed E-state index contributed by atoms with van der Waals surface area (Å²) in [5.41, 5.74) is 0. The standard InChI is InChI=1S/C12H22O/c13-12-9-5-4-8-11(12)10-6-2-1-3-7-10/h10-13H,1-9H2/t11-,12?/m1/s1. The summed E-state index contributed by atoms with van der Waals surface area (Å²) in [7, 11) is 0. The van der Waals surface area contributed by atoms with Crippen molar-refractivity contribution >= 4 is 0 Å². The average molecular weight is 182 g/mol. The molecular weight excluding hydrogens is 160 g/mol. The van der Waals surface area contributed by atoms with Gasteiger partial charge in [0, 0.05) is 0 Å². The highest BCUT2D eigenvalue weighted by Gasteiger charge is 2.30. The van der Waals surface area contributed by atoms with Crippen LogP contribution in [0.5, 0.6) is 0 Å². The number of hydrogen-bond donors (Lipinski definition) is 1. The molecule has 0 aliphatic heterocycles. The summed E-state index contributed by atoms with van der Waals surface area (Å²) >= 11 is 0. The van der Waals surface area contributed by atoms with Gasteiger partial charge in [0.15, 0.2) is 0 Å².